The van der Waals surface area contributed by atoms with Gasteiger partial charge in [0.25, 0.3) is 0 Å². The van der Waals surface area contributed by atoms with Gasteiger partial charge < -0.3 is 15.5 Å². The molecule has 0 spiro atoms. The average molecular weight is 442 g/mol. The van der Waals surface area contributed by atoms with Crippen LogP contribution in [0.2, 0.25) is 0 Å². The Morgan fingerprint density at radius 2 is 1.91 bits per heavy atom. The Morgan fingerprint density at radius 1 is 1.27 bits per heavy atom. The summed E-state index contributed by atoms with van der Waals surface area (Å²) in [6.07, 6.45) is 4.88. The molecule has 1 heterocycles. The molecule has 1 aliphatic heterocycles. The lowest BCUT2D eigenvalue weighted by Gasteiger charge is -2.23. The first kappa shape index (κ1) is 22.3. The van der Waals surface area contributed by atoms with Crippen molar-refractivity contribution in [3.05, 3.63) is 0 Å². The van der Waals surface area contributed by atoms with Gasteiger partial charge in [0.2, 0.25) is 0 Å². The molecule has 1 saturated heterocycles. The number of hydrogen-bond donors (Lipinski definition) is 2. The first-order chi connectivity index (χ1) is 9.96. The van der Waals surface area contributed by atoms with Crippen LogP contribution in [0.4, 0.5) is 0 Å². The predicted molar refractivity (Wildman–Crippen MR) is 112 cm³/mol. The topological polar surface area (TPSA) is 39.7 Å². The molecule has 0 bridgehead atoms. The fourth-order valence-electron chi connectivity index (χ4n) is 2.42. The maximum absolute atomic E-state index is 4.72. The van der Waals surface area contributed by atoms with E-state index in [9.17, 15) is 0 Å². The molecule has 22 heavy (non-hydrogen) atoms. The zero-order chi connectivity index (χ0) is 15.7. The van der Waals surface area contributed by atoms with Crippen molar-refractivity contribution in [3.8, 4) is 0 Å². The molecule has 2 N–H and O–H groups in total. The van der Waals surface area contributed by atoms with Gasteiger partial charge in [-0.15, -0.1) is 24.0 Å². The minimum Gasteiger partial charge on any atom is -0.357 e. The van der Waals surface area contributed by atoms with Crippen molar-refractivity contribution in [2.45, 2.75) is 45.3 Å². The van der Waals surface area contributed by atoms with Crippen LogP contribution in [0.5, 0.6) is 0 Å². The van der Waals surface area contributed by atoms with E-state index in [2.05, 4.69) is 49.5 Å². The summed E-state index contributed by atoms with van der Waals surface area (Å²) in [7, 11) is 0. The number of guanidine groups is 1. The van der Waals surface area contributed by atoms with Crippen molar-refractivity contribution >= 4 is 41.7 Å². The summed E-state index contributed by atoms with van der Waals surface area (Å²) in [5.41, 5.74) is 0. The maximum atomic E-state index is 4.72. The van der Waals surface area contributed by atoms with Crippen LogP contribution in [0.25, 0.3) is 0 Å². The molecule has 4 nitrogen and oxygen atoms in total. The Hall–Kier alpha value is 0.310. The third-order valence-corrected chi connectivity index (χ3v) is 5.14. The second-order valence-corrected chi connectivity index (χ2v) is 8.17. The monoisotopic (exact) mass is 442 g/mol. The number of likely N-dealkylation sites (tertiary alicyclic amines) is 1. The van der Waals surface area contributed by atoms with E-state index in [0.717, 1.165) is 25.6 Å². The van der Waals surface area contributed by atoms with E-state index in [-0.39, 0.29) is 28.7 Å². The van der Waals surface area contributed by atoms with Crippen LogP contribution in [0.15, 0.2) is 4.99 Å². The number of hydrogen-bond acceptors (Lipinski definition) is 3. The average Bonchev–Trinajstić information content (AvgIpc) is 2.95. The zero-order valence-corrected chi connectivity index (χ0v) is 18.1. The highest BCUT2D eigenvalue weighted by Gasteiger charge is 2.16. The van der Waals surface area contributed by atoms with Crippen LogP contribution in [0, 0.1) is 5.92 Å². The van der Waals surface area contributed by atoms with Gasteiger partial charge in [0.15, 0.2) is 5.96 Å². The van der Waals surface area contributed by atoms with E-state index in [1.54, 1.807) is 0 Å². The molecule has 132 valence electrons. The lowest BCUT2D eigenvalue weighted by Crippen LogP contribution is -2.42. The van der Waals surface area contributed by atoms with E-state index in [0.29, 0.717) is 5.92 Å². The Kier molecular flexibility index (Phi) is 12.0. The number of aliphatic imine (C=N–C) groups is 1. The van der Waals surface area contributed by atoms with Gasteiger partial charge in [-0.1, -0.05) is 6.92 Å². The molecule has 0 amide bonds. The van der Waals surface area contributed by atoms with Crippen molar-refractivity contribution < 1.29 is 0 Å². The number of thioether (sulfide) groups is 1. The SMILES string of the molecule is CCNC(=NCC(C)(C)SC)NCC(C)CN1CCCC1.I. The fraction of sp³-hybridized carbons (Fsp3) is 0.938. The van der Waals surface area contributed by atoms with Gasteiger partial charge in [-0.05, 0) is 58.9 Å². The molecule has 0 aromatic rings. The molecule has 0 saturated carbocycles. The summed E-state index contributed by atoms with van der Waals surface area (Å²) in [5.74, 6) is 1.61. The Bertz CT molecular complexity index is 317. The number of nitrogens with zero attached hydrogens (tertiary/aromatic N) is 2. The van der Waals surface area contributed by atoms with E-state index in [1.165, 1.54) is 32.5 Å². The summed E-state index contributed by atoms with van der Waals surface area (Å²) in [5, 5.41) is 6.84. The van der Waals surface area contributed by atoms with E-state index in [1.807, 2.05) is 11.8 Å². The zero-order valence-electron chi connectivity index (χ0n) is 14.9. The Balaban J connectivity index is 0.00000441. The first-order valence-electron chi connectivity index (χ1n) is 8.26. The Morgan fingerprint density at radius 3 is 2.45 bits per heavy atom. The number of rotatable bonds is 8. The third-order valence-electron chi connectivity index (χ3n) is 3.90. The lowest BCUT2D eigenvalue weighted by molar-refractivity contribution is 0.287. The molecule has 0 aliphatic carbocycles. The third kappa shape index (κ3) is 9.45. The quantitative estimate of drug-likeness (QED) is 0.345. The second-order valence-electron chi connectivity index (χ2n) is 6.65. The predicted octanol–water partition coefficient (Wildman–Crippen LogP) is 3.03. The van der Waals surface area contributed by atoms with Crippen molar-refractivity contribution in [1.82, 2.24) is 15.5 Å². The van der Waals surface area contributed by atoms with E-state index in [4.69, 9.17) is 4.99 Å². The molecule has 1 fully saturated rings. The molecule has 1 aliphatic rings. The van der Waals surface area contributed by atoms with Crippen molar-refractivity contribution in [2.75, 3.05) is 45.5 Å². The van der Waals surface area contributed by atoms with Crippen molar-refractivity contribution in [2.24, 2.45) is 10.9 Å². The number of nitrogens with one attached hydrogen (secondary N) is 2. The van der Waals surface area contributed by atoms with E-state index >= 15 is 0 Å². The van der Waals surface area contributed by atoms with E-state index < -0.39 is 0 Å². The van der Waals surface area contributed by atoms with Gasteiger partial charge >= 0.3 is 0 Å². The van der Waals surface area contributed by atoms with Crippen LogP contribution in [0.1, 0.15) is 40.5 Å². The molecule has 1 rings (SSSR count). The van der Waals surface area contributed by atoms with Crippen LogP contribution in [-0.4, -0.2) is 61.1 Å². The summed E-state index contributed by atoms with van der Waals surface area (Å²) in [6, 6.07) is 0. The molecule has 0 aromatic heterocycles. The van der Waals surface area contributed by atoms with Crippen molar-refractivity contribution in [3.63, 3.8) is 0 Å². The Labute approximate surface area is 158 Å². The highest BCUT2D eigenvalue weighted by molar-refractivity contribution is 14.0. The minimum atomic E-state index is 0. The highest BCUT2D eigenvalue weighted by Crippen LogP contribution is 2.20. The molecule has 6 heteroatoms. The molecule has 0 aromatic carbocycles. The molecule has 1 unspecified atom stereocenters. The minimum absolute atomic E-state index is 0. The van der Waals surface area contributed by atoms with Gasteiger partial charge in [-0.2, -0.15) is 11.8 Å². The van der Waals surface area contributed by atoms with Crippen LogP contribution < -0.4 is 10.6 Å². The second kappa shape index (κ2) is 11.8. The molecular formula is C16H35IN4S. The fourth-order valence-corrected chi connectivity index (χ4v) is 2.61. The first-order valence-corrected chi connectivity index (χ1v) is 9.49. The van der Waals surface area contributed by atoms with Gasteiger partial charge in [0.05, 0.1) is 6.54 Å². The summed E-state index contributed by atoms with van der Waals surface area (Å²) in [6.45, 7) is 15.4. The maximum Gasteiger partial charge on any atom is 0.191 e. The largest absolute Gasteiger partial charge is 0.357 e. The normalized spacial score (nSPS) is 18.0. The highest BCUT2D eigenvalue weighted by atomic mass is 127. The molecular weight excluding hydrogens is 407 g/mol. The van der Waals surface area contributed by atoms with Gasteiger partial charge in [-0.3, -0.25) is 4.99 Å². The molecule has 1 atom stereocenters. The van der Waals surface area contributed by atoms with Crippen LogP contribution in [-0.2, 0) is 0 Å². The standard InChI is InChI=1S/C16H34N4S.HI/c1-6-17-15(19-13-16(3,4)21-5)18-11-14(2)12-20-9-7-8-10-20;/h14H,6-13H2,1-5H3,(H2,17,18,19);1H. The van der Waals surface area contributed by atoms with Crippen LogP contribution in [0.3, 0.4) is 0 Å². The van der Waals surface area contributed by atoms with Gasteiger partial charge in [-0.25, -0.2) is 0 Å². The summed E-state index contributed by atoms with van der Waals surface area (Å²) in [4.78, 5) is 7.30. The summed E-state index contributed by atoms with van der Waals surface area (Å²) >= 11 is 1.86. The van der Waals surface area contributed by atoms with Crippen LogP contribution >= 0.6 is 35.7 Å². The van der Waals surface area contributed by atoms with Gasteiger partial charge in [0, 0.05) is 24.4 Å². The lowest BCUT2D eigenvalue weighted by atomic mass is 10.1. The van der Waals surface area contributed by atoms with Crippen molar-refractivity contribution in [1.29, 1.82) is 0 Å². The smallest absolute Gasteiger partial charge is 0.191 e. The van der Waals surface area contributed by atoms with Gasteiger partial charge in [0.1, 0.15) is 0 Å². The number of halogens is 1. The molecule has 0 radical (unpaired) electrons. The summed E-state index contributed by atoms with van der Waals surface area (Å²) < 4.78 is 0.198.